The van der Waals surface area contributed by atoms with Crippen molar-refractivity contribution < 1.29 is 0 Å². The van der Waals surface area contributed by atoms with Crippen molar-refractivity contribution in [3.05, 3.63) is 58.3 Å². The molecule has 1 aromatic heterocycles. The van der Waals surface area contributed by atoms with E-state index in [-0.39, 0.29) is 0 Å². The second-order valence-electron chi connectivity index (χ2n) is 3.97. The molecular weight excluding hydrogens is 290 g/mol. The normalized spacial score (nSPS) is 9.83. The summed E-state index contributed by atoms with van der Waals surface area (Å²) in [6, 6.07) is 14.0. The molecule has 0 fully saturated rings. The minimum absolute atomic E-state index is 0.456. The zero-order valence-electron chi connectivity index (χ0n) is 9.97. The zero-order chi connectivity index (χ0) is 13.0. The summed E-state index contributed by atoms with van der Waals surface area (Å²) in [5.74, 6) is 0. The average molecular weight is 302 g/mol. The number of nitrogens with zero attached hydrogens (tertiary/aromatic N) is 3. The molecule has 0 spiro atoms. The van der Waals surface area contributed by atoms with E-state index < -0.39 is 0 Å². The van der Waals surface area contributed by atoms with E-state index in [1.165, 1.54) is 5.56 Å². The van der Waals surface area contributed by atoms with Gasteiger partial charge in [0.25, 0.3) is 0 Å². The lowest BCUT2D eigenvalue weighted by Crippen LogP contribution is -2.17. The number of nitriles is 1. The lowest BCUT2D eigenvalue weighted by atomic mass is 10.2. The van der Waals surface area contributed by atoms with Crippen LogP contribution in [0, 0.1) is 11.3 Å². The van der Waals surface area contributed by atoms with Crippen LogP contribution in [0.25, 0.3) is 0 Å². The van der Waals surface area contributed by atoms with Crippen LogP contribution in [0.4, 0.5) is 5.69 Å². The Morgan fingerprint density at radius 3 is 2.67 bits per heavy atom. The van der Waals surface area contributed by atoms with Crippen molar-refractivity contribution in [1.82, 2.24) is 4.98 Å². The highest BCUT2D eigenvalue weighted by atomic mass is 79.9. The molecule has 0 radical (unpaired) electrons. The SMILES string of the molecule is CN(Cc1ccc(Br)cc1)c1cccnc1C#N. The van der Waals surface area contributed by atoms with Gasteiger partial charge in [0.15, 0.2) is 5.69 Å². The molecule has 90 valence electrons. The molecule has 0 atom stereocenters. The molecule has 0 aliphatic carbocycles. The summed E-state index contributed by atoms with van der Waals surface area (Å²) < 4.78 is 1.06. The quantitative estimate of drug-likeness (QED) is 0.873. The maximum Gasteiger partial charge on any atom is 0.163 e. The van der Waals surface area contributed by atoms with Crippen LogP contribution >= 0.6 is 15.9 Å². The van der Waals surface area contributed by atoms with Gasteiger partial charge in [0.2, 0.25) is 0 Å². The number of benzene rings is 1. The number of aromatic nitrogens is 1. The van der Waals surface area contributed by atoms with E-state index in [1.54, 1.807) is 6.20 Å². The van der Waals surface area contributed by atoms with Gasteiger partial charge in [0, 0.05) is 24.3 Å². The first-order valence-corrected chi connectivity index (χ1v) is 6.30. The molecule has 0 saturated carbocycles. The summed E-state index contributed by atoms with van der Waals surface area (Å²) in [4.78, 5) is 6.09. The van der Waals surface area contributed by atoms with E-state index in [2.05, 4.69) is 39.1 Å². The Morgan fingerprint density at radius 2 is 2.00 bits per heavy atom. The minimum atomic E-state index is 0.456. The summed E-state index contributed by atoms with van der Waals surface area (Å²) >= 11 is 3.41. The molecule has 2 aromatic rings. The molecule has 18 heavy (non-hydrogen) atoms. The molecular formula is C14H12BrN3. The highest BCUT2D eigenvalue weighted by Gasteiger charge is 2.08. The minimum Gasteiger partial charge on any atom is -0.368 e. The summed E-state index contributed by atoms with van der Waals surface area (Å²) in [5, 5.41) is 9.02. The third-order valence-electron chi connectivity index (χ3n) is 2.64. The van der Waals surface area contributed by atoms with Gasteiger partial charge in [-0.3, -0.25) is 0 Å². The van der Waals surface area contributed by atoms with Gasteiger partial charge in [0.1, 0.15) is 6.07 Å². The van der Waals surface area contributed by atoms with Crippen molar-refractivity contribution in [1.29, 1.82) is 5.26 Å². The van der Waals surface area contributed by atoms with Crippen molar-refractivity contribution in [2.75, 3.05) is 11.9 Å². The van der Waals surface area contributed by atoms with Gasteiger partial charge in [0.05, 0.1) is 5.69 Å². The Bertz CT molecular complexity index is 572. The van der Waals surface area contributed by atoms with E-state index in [1.807, 2.05) is 36.2 Å². The third kappa shape index (κ3) is 2.88. The fraction of sp³-hybridized carbons (Fsp3) is 0.143. The first-order chi connectivity index (χ1) is 8.70. The van der Waals surface area contributed by atoms with Crippen molar-refractivity contribution >= 4 is 21.6 Å². The van der Waals surface area contributed by atoms with Gasteiger partial charge in [-0.15, -0.1) is 0 Å². The van der Waals surface area contributed by atoms with Gasteiger partial charge < -0.3 is 4.90 Å². The zero-order valence-corrected chi connectivity index (χ0v) is 11.6. The Kier molecular flexibility index (Phi) is 3.96. The molecule has 2 rings (SSSR count). The van der Waals surface area contributed by atoms with E-state index in [0.717, 1.165) is 16.7 Å². The molecule has 0 aliphatic heterocycles. The lowest BCUT2D eigenvalue weighted by Gasteiger charge is -2.19. The first kappa shape index (κ1) is 12.6. The molecule has 1 aromatic carbocycles. The van der Waals surface area contributed by atoms with Crippen LogP contribution in [0.15, 0.2) is 47.1 Å². The van der Waals surface area contributed by atoms with E-state index in [0.29, 0.717) is 5.69 Å². The Hall–Kier alpha value is -1.86. The van der Waals surface area contributed by atoms with Crippen LogP contribution in [0.3, 0.4) is 0 Å². The van der Waals surface area contributed by atoms with Crippen LogP contribution < -0.4 is 4.90 Å². The van der Waals surface area contributed by atoms with Gasteiger partial charge in [-0.2, -0.15) is 5.26 Å². The second kappa shape index (κ2) is 5.65. The number of pyridine rings is 1. The lowest BCUT2D eigenvalue weighted by molar-refractivity contribution is 0.914. The number of hydrogen-bond acceptors (Lipinski definition) is 3. The molecule has 3 nitrogen and oxygen atoms in total. The van der Waals surface area contributed by atoms with Crippen molar-refractivity contribution in [3.8, 4) is 6.07 Å². The summed E-state index contributed by atoms with van der Waals surface area (Å²) in [6.07, 6.45) is 1.63. The van der Waals surface area contributed by atoms with E-state index in [4.69, 9.17) is 5.26 Å². The van der Waals surface area contributed by atoms with E-state index >= 15 is 0 Å². The number of rotatable bonds is 3. The van der Waals surface area contributed by atoms with Gasteiger partial charge in [-0.25, -0.2) is 4.98 Å². The second-order valence-corrected chi connectivity index (χ2v) is 4.88. The molecule has 0 bridgehead atoms. The van der Waals surface area contributed by atoms with Crippen LogP contribution in [0.2, 0.25) is 0 Å². The van der Waals surface area contributed by atoms with Crippen LogP contribution in [0.1, 0.15) is 11.3 Å². The highest BCUT2D eigenvalue weighted by molar-refractivity contribution is 9.10. The van der Waals surface area contributed by atoms with Crippen molar-refractivity contribution in [2.24, 2.45) is 0 Å². The average Bonchev–Trinajstić information content (AvgIpc) is 2.41. The number of halogens is 1. The predicted molar refractivity (Wildman–Crippen MR) is 75.2 cm³/mol. The Balaban J connectivity index is 2.19. The van der Waals surface area contributed by atoms with Crippen LogP contribution in [-0.2, 0) is 6.54 Å². The first-order valence-electron chi connectivity index (χ1n) is 5.51. The maximum absolute atomic E-state index is 9.02. The van der Waals surface area contributed by atoms with Crippen molar-refractivity contribution in [3.63, 3.8) is 0 Å². The van der Waals surface area contributed by atoms with Crippen LogP contribution in [-0.4, -0.2) is 12.0 Å². The third-order valence-corrected chi connectivity index (χ3v) is 3.17. The fourth-order valence-corrected chi connectivity index (χ4v) is 2.00. The van der Waals surface area contributed by atoms with Crippen molar-refractivity contribution in [2.45, 2.75) is 6.54 Å². The maximum atomic E-state index is 9.02. The Labute approximate surface area is 115 Å². The fourth-order valence-electron chi connectivity index (χ4n) is 1.74. The van der Waals surface area contributed by atoms with Gasteiger partial charge >= 0.3 is 0 Å². The monoisotopic (exact) mass is 301 g/mol. The largest absolute Gasteiger partial charge is 0.368 e. The Morgan fingerprint density at radius 1 is 1.28 bits per heavy atom. The predicted octanol–water partition coefficient (Wildman–Crippen LogP) is 3.35. The molecule has 0 unspecified atom stereocenters. The topological polar surface area (TPSA) is 39.9 Å². The van der Waals surface area contributed by atoms with Crippen LogP contribution in [0.5, 0.6) is 0 Å². The summed E-state index contributed by atoms with van der Waals surface area (Å²) in [7, 11) is 1.96. The number of hydrogen-bond donors (Lipinski definition) is 0. The standard InChI is InChI=1S/C14H12BrN3/c1-18(10-11-4-6-12(15)7-5-11)14-3-2-8-17-13(14)9-16/h2-8H,10H2,1H3. The highest BCUT2D eigenvalue weighted by Crippen LogP contribution is 2.19. The van der Waals surface area contributed by atoms with Gasteiger partial charge in [-0.05, 0) is 29.8 Å². The smallest absolute Gasteiger partial charge is 0.163 e. The molecule has 0 aliphatic rings. The summed E-state index contributed by atoms with van der Waals surface area (Å²) in [5.41, 5.74) is 2.49. The molecule has 0 saturated heterocycles. The molecule has 1 heterocycles. The number of anilines is 1. The molecule has 0 amide bonds. The molecule has 0 N–H and O–H groups in total. The van der Waals surface area contributed by atoms with Gasteiger partial charge in [-0.1, -0.05) is 28.1 Å². The molecule has 4 heteroatoms. The van der Waals surface area contributed by atoms with E-state index in [9.17, 15) is 0 Å². The summed E-state index contributed by atoms with van der Waals surface area (Å²) in [6.45, 7) is 0.744.